The van der Waals surface area contributed by atoms with Gasteiger partial charge in [0.1, 0.15) is 0 Å². The largest absolute Gasteiger partial charge is 0.342 e. The number of amides is 2. The third kappa shape index (κ3) is 4.19. The Hall–Kier alpha value is -2.47. The summed E-state index contributed by atoms with van der Waals surface area (Å²) in [6.45, 7) is 3.55. The molecule has 0 saturated carbocycles. The molecule has 0 bridgehead atoms. The lowest BCUT2D eigenvalue weighted by Gasteiger charge is -2.33. The number of carbonyl (C=O) groups is 3. The van der Waals surface area contributed by atoms with E-state index >= 15 is 0 Å². The summed E-state index contributed by atoms with van der Waals surface area (Å²) in [6, 6.07) is 15.2. The molecule has 1 atom stereocenters. The van der Waals surface area contributed by atoms with Crippen LogP contribution in [-0.4, -0.2) is 42.1 Å². The minimum absolute atomic E-state index is 0.00999. The predicted octanol–water partition coefficient (Wildman–Crippen LogP) is 4.23. The maximum atomic E-state index is 13.0. The van der Waals surface area contributed by atoms with Crippen LogP contribution in [0.3, 0.4) is 0 Å². The van der Waals surface area contributed by atoms with Crippen molar-refractivity contribution in [2.24, 2.45) is 11.8 Å². The van der Waals surface area contributed by atoms with Crippen LogP contribution < -0.4 is 4.90 Å². The number of nitrogens with zero attached hydrogens (tertiary/aromatic N) is 2. The number of rotatable bonds is 4. The zero-order chi connectivity index (χ0) is 21.3. The summed E-state index contributed by atoms with van der Waals surface area (Å²) in [5, 5.41) is 0. The van der Waals surface area contributed by atoms with E-state index in [2.05, 4.69) is 15.9 Å². The summed E-state index contributed by atoms with van der Waals surface area (Å²) >= 11 is 3.48. The van der Waals surface area contributed by atoms with Gasteiger partial charge in [-0.3, -0.25) is 14.4 Å². The quantitative estimate of drug-likeness (QED) is 0.630. The van der Waals surface area contributed by atoms with Crippen molar-refractivity contribution < 1.29 is 14.4 Å². The highest BCUT2D eigenvalue weighted by atomic mass is 79.9. The molecule has 0 spiro atoms. The van der Waals surface area contributed by atoms with Crippen LogP contribution in [0.2, 0.25) is 0 Å². The topological polar surface area (TPSA) is 57.7 Å². The lowest BCUT2D eigenvalue weighted by atomic mass is 9.88. The van der Waals surface area contributed by atoms with E-state index in [4.69, 9.17) is 0 Å². The Morgan fingerprint density at radius 1 is 1.00 bits per heavy atom. The molecular formula is C24H25BrN2O3. The van der Waals surface area contributed by atoms with Gasteiger partial charge in [-0.25, -0.2) is 0 Å². The monoisotopic (exact) mass is 468 g/mol. The van der Waals surface area contributed by atoms with Gasteiger partial charge in [0.25, 0.3) is 0 Å². The second-order valence-electron chi connectivity index (χ2n) is 8.17. The molecule has 4 rings (SSSR count). The standard InChI is InChI=1S/C24H25BrN2O3/c1-16-13-20(7-8-21(16)25)27-15-19(14-22(27)28)24(30)26-11-9-18(10-12-26)23(29)17-5-3-2-4-6-17/h2-8,13,18-19H,9-12,14-15H2,1H3. The lowest BCUT2D eigenvalue weighted by molar-refractivity contribution is -0.137. The van der Waals surface area contributed by atoms with Crippen LogP contribution in [0, 0.1) is 18.8 Å². The van der Waals surface area contributed by atoms with Gasteiger partial charge in [-0.1, -0.05) is 46.3 Å². The highest BCUT2D eigenvalue weighted by molar-refractivity contribution is 9.10. The normalized spacial score (nSPS) is 19.9. The van der Waals surface area contributed by atoms with E-state index in [-0.39, 0.29) is 35.9 Å². The Kier molecular flexibility index (Phi) is 6.04. The molecule has 2 fully saturated rings. The average Bonchev–Trinajstić information content (AvgIpc) is 3.17. The van der Waals surface area contributed by atoms with Crippen molar-refractivity contribution in [3.8, 4) is 0 Å². The Morgan fingerprint density at radius 3 is 2.37 bits per heavy atom. The Labute approximate surface area is 185 Å². The fourth-order valence-electron chi connectivity index (χ4n) is 4.38. The number of halogens is 1. The first kappa shape index (κ1) is 20.8. The second-order valence-corrected chi connectivity index (χ2v) is 9.02. The number of benzene rings is 2. The fourth-order valence-corrected chi connectivity index (χ4v) is 4.62. The highest BCUT2D eigenvalue weighted by Crippen LogP contribution is 2.30. The van der Waals surface area contributed by atoms with E-state index < -0.39 is 0 Å². The van der Waals surface area contributed by atoms with Gasteiger partial charge in [0.2, 0.25) is 11.8 Å². The average molecular weight is 469 g/mol. The SMILES string of the molecule is Cc1cc(N2CC(C(=O)N3CCC(C(=O)c4ccccc4)CC3)CC2=O)ccc1Br. The maximum absolute atomic E-state index is 13.0. The van der Waals surface area contributed by atoms with Gasteiger partial charge in [-0.2, -0.15) is 0 Å². The van der Waals surface area contributed by atoms with Crippen LogP contribution in [0.1, 0.15) is 35.2 Å². The molecule has 6 heteroatoms. The van der Waals surface area contributed by atoms with E-state index in [1.165, 1.54) is 0 Å². The number of anilines is 1. The number of likely N-dealkylation sites (tertiary alicyclic amines) is 1. The van der Waals surface area contributed by atoms with Gasteiger partial charge in [0, 0.05) is 47.7 Å². The first-order chi connectivity index (χ1) is 14.4. The van der Waals surface area contributed by atoms with E-state index in [1.54, 1.807) is 4.90 Å². The zero-order valence-corrected chi connectivity index (χ0v) is 18.6. The van der Waals surface area contributed by atoms with Crippen molar-refractivity contribution in [1.29, 1.82) is 0 Å². The molecule has 2 aliphatic heterocycles. The molecule has 1 unspecified atom stereocenters. The van der Waals surface area contributed by atoms with Crippen molar-refractivity contribution in [1.82, 2.24) is 4.90 Å². The van der Waals surface area contributed by atoms with Gasteiger partial charge < -0.3 is 9.80 Å². The third-order valence-corrected chi connectivity index (χ3v) is 7.05. The van der Waals surface area contributed by atoms with Gasteiger partial charge in [0.05, 0.1) is 5.92 Å². The van der Waals surface area contributed by atoms with Crippen LogP contribution in [0.5, 0.6) is 0 Å². The number of piperidine rings is 1. The van der Waals surface area contributed by atoms with E-state index in [9.17, 15) is 14.4 Å². The van der Waals surface area contributed by atoms with Crippen LogP contribution in [0.25, 0.3) is 0 Å². The van der Waals surface area contributed by atoms with Crippen LogP contribution >= 0.6 is 15.9 Å². The summed E-state index contributed by atoms with van der Waals surface area (Å²) in [6.07, 6.45) is 1.60. The number of hydrogen-bond donors (Lipinski definition) is 0. The molecule has 2 aromatic carbocycles. The number of ketones is 1. The molecule has 2 saturated heterocycles. The first-order valence-corrected chi connectivity index (χ1v) is 11.2. The summed E-state index contributed by atoms with van der Waals surface area (Å²) in [5.74, 6) is -0.170. The van der Waals surface area contributed by atoms with Crippen LogP contribution in [0.15, 0.2) is 53.0 Å². The molecule has 5 nitrogen and oxygen atoms in total. The summed E-state index contributed by atoms with van der Waals surface area (Å²) in [4.78, 5) is 41.8. The molecule has 0 N–H and O–H groups in total. The molecule has 156 valence electrons. The summed E-state index contributed by atoms with van der Waals surface area (Å²) in [7, 11) is 0. The Bertz CT molecular complexity index is 968. The maximum Gasteiger partial charge on any atom is 0.228 e. The summed E-state index contributed by atoms with van der Waals surface area (Å²) in [5.41, 5.74) is 2.63. The molecule has 2 aromatic rings. The molecule has 2 amide bonds. The van der Waals surface area contributed by atoms with Gasteiger partial charge in [-0.05, 0) is 43.5 Å². The number of aryl methyl sites for hydroxylation is 1. The minimum Gasteiger partial charge on any atom is -0.342 e. The molecule has 30 heavy (non-hydrogen) atoms. The number of Topliss-reactive ketones (excluding diaryl/α,β-unsaturated/α-hetero) is 1. The molecule has 2 aliphatic rings. The highest BCUT2D eigenvalue weighted by Gasteiger charge is 2.38. The third-order valence-electron chi connectivity index (χ3n) is 6.16. The van der Waals surface area contributed by atoms with Crippen molar-refractivity contribution >= 4 is 39.2 Å². The molecule has 0 aromatic heterocycles. The fraction of sp³-hybridized carbons (Fsp3) is 0.375. The van der Waals surface area contributed by atoms with Crippen molar-refractivity contribution in [2.75, 3.05) is 24.5 Å². The van der Waals surface area contributed by atoms with Crippen LogP contribution in [0.4, 0.5) is 5.69 Å². The van der Waals surface area contributed by atoms with Gasteiger partial charge in [0.15, 0.2) is 5.78 Å². The smallest absolute Gasteiger partial charge is 0.228 e. The van der Waals surface area contributed by atoms with Gasteiger partial charge in [-0.15, -0.1) is 0 Å². The van der Waals surface area contributed by atoms with Crippen LogP contribution in [-0.2, 0) is 9.59 Å². The van der Waals surface area contributed by atoms with E-state index in [1.807, 2.05) is 60.4 Å². The van der Waals surface area contributed by atoms with Crippen molar-refractivity contribution in [3.05, 3.63) is 64.1 Å². The minimum atomic E-state index is -0.317. The first-order valence-electron chi connectivity index (χ1n) is 10.4. The van der Waals surface area contributed by atoms with E-state index in [0.29, 0.717) is 32.5 Å². The summed E-state index contributed by atoms with van der Waals surface area (Å²) < 4.78 is 0.999. The van der Waals surface area contributed by atoms with Gasteiger partial charge >= 0.3 is 0 Å². The lowest BCUT2D eigenvalue weighted by Crippen LogP contribution is -2.43. The molecular weight excluding hydrogens is 444 g/mol. The number of hydrogen-bond acceptors (Lipinski definition) is 3. The number of carbonyl (C=O) groups excluding carboxylic acids is 3. The second kappa shape index (κ2) is 8.72. The molecule has 2 heterocycles. The Morgan fingerprint density at radius 2 is 1.70 bits per heavy atom. The molecule has 0 radical (unpaired) electrons. The van der Waals surface area contributed by atoms with Crippen molar-refractivity contribution in [3.63, 3.8) is 0 Å². The Balaban J connectivity index is 1.36. The van der Waals surface area contributed by atoms with Crippen molar-refractivity contribution in [2.45, 2.75) is 26.2 Å². The van der Waals surface area contributed by atoms with E-state index in [0.717, 1.165) is 21.3 Å². The predicted molar refractivity (Wildman–Crippen MR) is 119 cm³/mol. The zero-order valence-electron chi connectivity index (χ0n) is 17.0. The molecule has 0 aliphatic carbocycles.